The van der Waals surface area contributed by atoms with Crippen LogP contribution in [-0.2, 0) is 6.54 Å². The molecular weight excluding hydrogens is 394 g/mol. The SMILES string of the molecule is Cc1nn(C(C)C)c(C)c1CN1CCC[C@H](N2CCN(c3cccc(Cl)c3)CC2)C1. The van der Waals surface area contributed by atoms with Crippen molar-refractivity contribution in [1.29, 1.82) is 0 Å². The Hall–Kier alpha value is -1.56. The van der Waals surface area contributed by atoms with Crippen LogP contribution < -0.4 is 4.90 Å². The van der Waals surface area contributed by atoms with E-state index in [1.807, 2.05) is 6.07 Å². The first-order valence-corrected chi connectivity index (χ1v) is 11.8. The molecule has 0 amide bonds. The van der Waals surface area contributed by atoms with Gasteiger partial charge in [0.15, 0.2) is 0 Å². The molecule has 4 rings (SSSR count). The fourth-order valence-corrected chi connectivity index (χ4v) is 5.33. The summed E-state index contributed by atoms with van der Waals surface area (Å²) in [6.45, 7) is 16.6. The molecule has 2 aliphatic heterocycles. The van der Waals surface area contributed by atoms with Crippen LogP contribution in [0.25, 0.3) is 0 Å². The van der Waals surface area contributed by atoms with E-state index in [0.717, 1.165) is 37.7 Å². The summed E-state index contributed by atoms with van der Waals surface area (Å²) in [5, 5.41) is 5.62. The summed E-state index contributed by atoms with van der Waals surface area (Å²) in [6, 6.07) is 9.34. The van der Waals surface area contributed by atoms with Crippen LogP contribution in [0.4, 0.5) is 5.69 Å². The van der Waals surface area contributed by atoms with Gasteiger partial charge in [0, 0.05) is 73.3 Å². The zero-order valence-electron chi connectivity index (χ0n) is 18.9. The molecule has 2 aromatic rings. The minimum atomic E-state index is 0.419. The molecule has 2 aliphatic rings. The number of anilines is 1. The van der Waals surface area contributed by atoms with Gasteiger partial charge in [-0.05, 0) is 65.3 Å². The van der Waals surface area contributed by atoms with Crippen molar-refractivity contribution < 1.29 is 0 Å². The molecule has 30 heavy (non-hydrogen) atoms. The first kappa shape index (κ1) is 21.7. The lowest BCUT2D eigenvalue weighted by Crippen LogP contribution is -2.55. The van der Waals surface area contributed by atoms with Gasteiger partial charge in [-0.1, -0.05) is 17.7 Å². The Kier molecular flexibility index (Phi) is 6.71. The fraction of sp³-hybridized carbons (Fsp3) is 0.625. The molecule has 0 bridgehead atoms. The highest BCUT2D eigenvalue weighted by Crippen LogP contribution is 2.25. The molecule has 5 nitrogen and oxygen atoms in total. The summed E-state index contributed by atoms with van der Waals surface area (Å²) in [5.74, 6) is 0. The van der Waals surface area contributed by atoms with Crippen molar-refractivity contribution in [2.75, 3.05) is 44.2 Å². The summed E-state index contributed by atoms with van der Waals surface area (Å²) in [5.41, 5.74) is 5.20. The summed E-state index contributed by atoms with van der Waals surface area (Å²) >= 11 is 6.19. The van der Waals surface area contributed by atoms with Crippen LogP contribution in [0.1, 0.15) is 49.7 Å². The number of halogens is 1. The number of piperazine rings is 1. The molecule has 1 atom stereocenters. The maximum absolute atomic E-state index is 6.19. The lowest BCUT2D eigenvalue weighted by atomic mass is 10.0. The highest BCUT2D eigenvalue weighted by Gasteiger charge is 2.29. The van der Waals surface area contributed by atoms with Gasteiger partial charge in [0.25, 0.3) is 0 Å². The Morgan fingerprint density at radius 2 is 1.87 bits per heavy atom. The molecule has 3 heterocycles. The Balaban J connectivity index is 1.35. The molecule has 164 valence electrons. The highest BCUT2D eigenvalue weighted by atomic mass is 35.5. The van der Waals surface area contributed by atoms with Gasteiger partial charge >= 0.3 is 0 Å². The third-order valence-corrected chi connectivity index (χ3v) is 7.07. The van der Waals surface area contributed by atoms with E-state index in [1.165, 1.54) is 48.6 Å². The second-order valence-electron chi connectivity index (χ2n) is 9.22. The van der Waals surface area contributed by atoms with E-state index < -0.39 is 0 Å². The lowest BCUT2D eigenvalue weighted by Gasteiger charge is -2.44. The third-order valence-electron chi connectivity index (χ3n) is 6.83. The maximum Gasteiger partial charge on any atom is 0.0641 e. The van der Waals surface area contributed by atoms with Gasteiger partial charge in [-0.25, -0.2) is 0 Å². The number of hydrogen-bond donors (Lipinski definition) is 0. The summed E-state index contributed by atoms with van der Waals surface area (Å²) < 4.78 is 2.18. The molecule has 0 saturated carbocycles. The predicted octanol–water partition coefficient (Wildman–Crippen LogP) is 4.52. The molecule has 1 aromatic carbocycles. The Morgan fingerprint density at radius 3 is 2.53 bits per heavy atom. The standard InChI is InChI=1S/C24H36ClN5/c1-18(2)30-20(4)24(19(3)26-30)17-27-10-6-9-23(16-27)29-13-11-28(12-14-29)22-8-5-7-21(25)15-22/h5,7-8,15,18,23H,6,9-14,16-17H2,1-4H3/t23-/m0/s1. The van der Waals surface area contributed by atoms with Crippen LogP contribution >= 0.6 is 11.6 Å². The average Bonchev–Trinajstić information content (AvgIpc) is 3.03. The second-order valence-corrected chi connectivity index (χ2v) is 9.66. The smallest absolute Gasteiger partial charge is 0.0641 e. The summed E-state index contributed by atoms with van der Waals surface area (Å²) in [6.07, 6.45) is 2.60. The Labute approximate surface area is 186 Å². The average molecular weight is 430 g/mol. The van der Waals surface area contributed by atoms with Crippen molar-refractivity contribution in [2.24, 2.45) is 0 Å². The van der Waals surface area contributed by atoms with Crippen molar-refractivity contribution in [3.8, 4) is 0 Å². The van der Waals surface area contributed by atoms with Crippen LogP contribution in [0, 0.1) is 13.8 Å². The number of likely N-dealkylation sites (tertiary alicyclic amines) is 1. The normalized spacial score (nSPS) is 21.5. The monoisotopic (exact) mass is 429 g/mol. The van der Waals surface area contributed by atoms with E-state index in [9.17, 15) is 0 Å². The molecular formula is C24H36ClN5. The Morgan fingerprint density at radius 1 is 1.10 bits per heavy atom. The van der Waals surface area contributed by atoms with Gasteiger partial charge < -0.3 is 4.90 Å². The van der Waals surface area contributed by atoms with E-state index in [1.54, 1.807) is 0 Å². The molecule has 0 unspecified atom stereocenters. The molecule has 0 N–H and O–H groups in total. The molecule has 6 heteroatoms. The fourth-order valence-electron chi connectivity index (χ4n) is 5.14. The minimum Gasteiger partial charge on any atom is -0.369 e. The van der Waals surface area contributed by atoms with Crippen LogP contribution in [0.3, 0.4) is 0 Å². The third kappa shape index (κ3) is 4.68. The van der Waals surface area contributed by atoms with Gasteiger partial charge in [-0.3, -0.25) is 14.5 Å². The van der Waals surface area contributed by atoms with E-state index in [-0.39, 0.29) is 0 Å². The van der Waals surface area contributed by atoms with Gasteiger partial charge in [0.2, 0.25) is 0 Å². The van der Waals surface area contributed by atoms with Crippen LogP contribution in [0.15, 0.2) is 24.3 Å². The number of benzene rings is 1. The van der Waals surface area contributed by atoms with Crippen LogP contribution in [0.5, 0.6) is 0 Å². The van der Waals surface area contributed by atoms with Gasteiger partial charge in [0.1, 0.15) is 0 Å². The second kappa shape index (κ2) is 9.29. The zero-order valence-corrected chi connectivity index (χ0v) is 19.7. The number of aryl methyl sites for hydroxylation is 1. The van der Waals surface area contributed by atoms with Gasteiger partial charge in [-0.15, -0.1) is 0 Å². The van der Waals surface area contributed by atoms with Crippen molar-refractivity contribution in [3.63, 3.8) is 0 Å². The van der Waals surface area contributed by atoms with E-state index >= 15 is 0 Å². The molecule has 0 radical (unpaired) electrons. The first-order chi connectivity index (χ1) is 14.4. The molecule has 2 saturated heterocycles. The number of rotatable bonds is 5. The number of hydrogen-bond acceptors (Lipinski definition) is 4. The number of piperidine rings is 1. The maximum atomic E-state index is 6.19. The van der Waals surface area contributed by atoms with Crippen molar-refractivity contribution >= 4 is 17.3 Å². The Bertz CT molecular complexity index is 853. The minimum absolute atomic E-state index is 0.419. The summed E-state index contributed by atoms with van der Waals surface area (Å²) in [7, 11) is 0. The molecule has 0 aliphatic carbocycles. The van der Waals surface area contributed by atoms with Gasteiger partial charge in [-0.2, -0.15) is 5.10 Å². The topological polar surface area (TPSA) is 27.5 Å². The predicted molar refractivity (Wildman–Crippen MR) is 126 cm³/mol. The van der Waals surface area contributed by atoms with Crippen molar-refractivity contribution in [3.05, 3.63) is 46.2 Å². The van der Waals surface area contributed by atoms with Crippen LogP contribution in [0.2, 0.25) is 5.02 Å². The number of nitrogens with zero attached hydrogens (tertiary/aromatic N) is 5. The quantitative estimate of drug-likeness (QED) is 0.698. The van der Waals surface area contributed by atoms with Crippen molar-refractivity contribution in [1.82, 2.24) is 19.6 Å². The van der Waals surface area contributed by atoms with Crippen LogP contribution in [-0.4, -0.2) is 64.9 Å². The highest BCUT2D eigenvalue weighted by molar-refractivity contribution is 6.30. The van der Waals surface area contributed by atoms with E-state index in [2.05, 4.69) is 65.3 Å². The first-order valence-electron chi connectivity index (χ1n) is 11.4. The molecule has 1 aromatic heterocycles. The summed E-state index contributed by atoms with van der Waals surface area (Å²) in [4.78, 5) is 7.83. The largest absolute Gasteiger partial charge is 0.369 e. The zero-order chi connectivity index (χ0) is 21.3. The number of aromatic nitrogens is 2. The van der Waals surface area contributed by atoms with Crippen molar-refractivity contribution in [2.45, 2.75) is 59.2 Å². The van der Waals surface area contributed by atoms with E-state index in [4.69, 9.17) is 16.7 Å². The van der Waals surface area contributed by atoms with E-state index in [0.29, 0.717) is 12.1 Å². The molecule has 2 fully saturated rings. The van der Waals surface area contributed by atoms with Gasteiger partial charge in [0.05, 0.1) is 5.69 Å². The molecule has 0 spiro atoms. The lowest BCUT2D eigenvalue weighted by molar-refractivity contribution is 0.0885.